The number of hydrogen-bond donors (Lipinski definition) is 1. The summed E-state index contributed by atoms with van der Waals surface area (Å²) in [6, 6.07) is 13.8. The summed E-state index contributed by atoms with van der Waals surface area (Å²) in [6.45, 7) is 6.05. The Kier molecular flexibility index (Phi) is 6.79. The van der Waals surface area contributed by atoms with E-state index in [1.807, 2.05) is 17.0 Å². The van der Waals surface area contributed by atoms with Crippen molar-refractivity contribution < 1.29 is 18.0 Å². The first-order valence-electron chi connectivity index (χ1n) is 9.78. The van der Waals surface area contributed by atoms with Gasteiger partial charge in [0.05, 0.1) is 5.56 Å². The van der Waals surface area contributed by atoms with Crippen LogP contribution in [0.1, 0.15) is 23.6 Å². The van der Waals surface area contributed by atoms with Crippen LogP contribution in [0.4, 0.5) is 18.9 Å². The molecule has 1 amide bonds. The van der Waals surface area contributed by atoms with E-state index in [9.17, 15) is 18.0 Å². The summed E-state index contributed by atoms with van der Waals surface area (Å²) in [7, 11) is 0. The van der Waals surface area contributed by atoms with Gasteiger partial charge < -0.3 is 10.2 Å². The predicted octanol–water partition coefficient (Wildman–Crippen LogP) is 3.71. The van der Waals surface area contributed by atoms with Gasteiger partial charge in [-0.1, -0.05) is 30.3 Å². The van der Waals surface area contributed by atoms with Crippen molar-refractivity contribution in [2.45, 2.75) is 26.1 Å². The summed E-state index contributed by atoms with van der Waals surface area (Å²) < 4.78 is 38.8. The molecule has 1 fully saturated rings. The van der Waals surface area contributed by atoms with Gasteiger partial charge in [0.15, 0.2) is 0 Å². The Balaban J connectivity index is 1.46. The molecule has 3 rings (SSSR count). The number of nitrogens with zero attached hydrogens (tertiary/aromatic N) is 2. The van der Waals surface area contributed by atoms with Crippen LogP contribution in [-0.4, -0.2) is 43.5 Å². The minimum Gasteiger partial charge on any atom is -0.369 e. The van der Waals surface area contributed by atoms with Gasteiger partial charge in [0.2, 0.25) is 5.91 Å². The number of nitrogens with one attached hydrogen (secondary N) is 1. The number of carbonyl (C=O) groups is 1. The van der Waals surface area contributed by atoms with Crippen LogP contribution in [0.15, 0.2) is 48.5 Å². The highest BCUT2D eigenvalue weighted by Crippen LogP contribution is 2.31. The summed E-state index contributed by atoms with van der Waals surface area (Å²) in [5.74, 6) is -0.0432. The van der Waals surface area contributed by atoms with Crippen LogP contribution >= 0.6 is 0 Å². The van der Waals surface area contributed by atoms with Gasteiger partial charge in [0, 0.05) is 51.9 Å². The Bertz CT molecular complexity index is 813. The van der Waals surface area contributed by atoms with E-state index in [0.29, 0.717) is 12.2 Å². The third-order valence-electron chi connectivity index (χ3n) is 5.19. The van der Waals surface area contributed by atoms with Crippen molar-refractivity contribution in [3.8, 4) is 0 Å². The maximum Gasteiger partial charge on any atom is 0.416 e. The standard InChI is InChI=1S/C22H26F3N3O/c1-17(29)26-16-19-7-5-18(6-8-19)9-10-27-11-13-28(14-12-27)21-4-2-3-20(15-21)22(23,24)25/h2-8,15H,9-14,16H2,1H3,(H,26,29). The molecule has 2 aromatic rings. The van der Waals surface area contributed by atoms with E-state index in [2.05, 4.69) is 22.3 Å². The molecule has 1 N–H and O–H groups in total. The van der Waals surface area contributed by atoms with Gasteiger partial charge in [0.25, 0.3) is 0 Å². The van der Waals surface area contributed by atoms with Gasteiger partial charge in [-0.2, -0.15) is 13.2 Å². The second-order valence-electron chi connectivity index (χ2n) is 7.35. The number of anilines is 1. The minimum atomic E-state index is -4.31. The summed E-state index contributed by atoms with van der Waals surface area (Å²) in [5, 5.41) is 2.78. The van der Waals surface area contributed by atoms with Crippen molar-refractivity contribution >= 4 is 11.6 Å². The topological polar surface area (TPSA) is 35.6 Å². The predicted molar refractivity (Wildman–Crippen MR) is 108 cm³/mol. The molecular weight excluding hydrogens is 379 g/mol. The number of rotatable bonds is 6. The van der Waals surface area contributed by atoms with Crippen molar-refractivity contribution in [1.29, 1.82) is 0 Å². The lowest BCUT2D eigenvalue weighted by molar-refractivity contribution is -0.137. The van der Waals surface area contributed by atoms with E-state index < -0.39 is 11.7 Å². The number of hydrogen-bond acceptors (Lipinski definition) is 3. The van der Waals surface area contributed by atoms with Gasteiger partial charge in [0.1, 0.15) is 0 Å². The van der Waals surface area contributed by atoms with E-state index in [0.717, 1.165) is 50.8 Å². The Morgan fingerprint density at radius 3 is 2.28 bits per heavy atom. The van der Waals surface area contributed by atoms with Crippen LogP contribution in [0.25, 0.3) is 0 Å². The lowest BCUT2D eigenvalue weighted by Crippen LogP contribution is -2.47. The second kappa shape index (κ2) is 9.31. The first kappa shape index (κ1) is 21.2. The Morgan fingerprint density at radius 1 is 1.00 bits per heavy atom. The molecule has 156 valence electrons. The quantitative estimate of drug-likeness (QED) is 0.796. The maximum absolute atomic E-state index is 12.9. The van der Waals surface area contributed by atoms with Crippen molar-refractivity contribution in [2.75, 3.05) is 37.6 Å². The molecule has 4 nitrogen and oxygen atoms in total. The lowest BCUT2D eigenvalue weighted by atomic mass is 10.1. The first-order valence-corrected chi connectivity index (χ1v) is 9.78. The van der Waals surface area contributed by atoms with E-state index in [1.54, 1.807) is 6.07 Å². The van der Waals surface area contributed by atoms with Crippen molar-refractivity contribution in [1.82, 2.24) is 10.2 Å². The number of carbonyl (C=O) groups excluding carboxylic acids is 1. The average Bonchev–Trinajstić information content (AvgIpc) is 2.71. The Hall–Kier alpha value is -2.54. The first-order chi connectivity index (χ1) is 13.8. The van der Waals surface area contributed by atoms with Gasteiger partial charge in [-0.25, -0.2) is 0 Å². The molecule has 29 heavy (non-hydrogen) atoms. The summed E-state index contributed by atoms with van der Waals surface area (Å²) in [6.07, 6.45) is -3.39. The summed E-state index contributed by atoms with van der Waals surface area (Å²) >= 11 is 0. The average molecular weight is 405 g/mol. The fourth-order valence-electron chi connectivity index (χ4n) is 3.45. The normalized spacial score (nSPS) is 15.4. The number of halogens is 3. The molecule has 0 saturated carbocycles. The van der Waals surface area contributed by atoms with Crippen LogP contribution < -0.4 is 10.2 Å². The molecule has 1 saturated heterocycles. The largest absolute Gasteiger partial charge is 0.416 e. The third-order valence-corrected chi connectivity index (χ3v) is 5.19. The number of piperazine rings is 1. The summed E-state index contributed by atoms with van der Waals surface area (Å²) in [4.78, 5) is 15.3. The smallest absolute Gasteiger partial charge is 0.369 e. The molecule has 1 heterocycles. The van der Waals surface area contributed by atoms with Crippen molar-refractivity contribution in [2.24, 2.45) is 0 Å². The van der Waals surface area contributed by atoms with Gasteiger partial charge in [-0.05, 0) is 35.7 Å². The molecule has 0 aromatic heterocycles. The van der Waals surface area contributed by atoms with E-state index in [4.69, 9.17) is 0 Å². The molecule has 0 radical (unpaired) electrons. The lowest BCUT2D eigenvalue weighted by Gasteiger charge is -2.36. The number of alkyl halides is 3. The third kappa shape index (κ3) is 6.22. The highest BCUT2D eigenvalue weighted by atomic mass is 19.4. The molecule has 1 aliphatic heterocycles. The fraction of sp³-hybridized carbons (Fsp3) is 0.409. The van der Waals surface area contributed by atoms with Crippen molar-refractivity contribution in [3.63, 3.8) is 0 Å². The van der Waals surface area contributed by atoms with Crippen molar-refractivity contribution in [3.05, 3.63) is 65.2 Å². The molecule has 0 atom stereocenters. The van der Waals surface area contributed by atoms with E-state index in [-0.39, 0.29) is 5.91 Å². The molecule has 1 aliphatic rings. The highest BCUT2D eigenvalue weighted by molar-refractivity contribution is 5.72. The zero-order valence-electron chi connectivity index (χ0n) is 16.5. The SMILES string of the molecule is CC(=O)NCc1ccc(CCN2CCN(c3cccc(C(F)(F)F)c3)CC2)cc1. The molecule has 2 aromatic carbocycles. The van der Waals surface area contributed by atoms with Gasteiger partial charge in [-0.3, -0.25) is 9.69 Å². The molecular formula is C22H26F3N3O. The molecule has 0 aliphatic carbocycles. The van der Waals surface area contributed by atoms with Crippen LogP contribution in [-0.2, 0) is 23.9 Å². The van der Waals surface area contributed by atoms with Crippen LogP contribution in [0, 0.1) is 0 Å². The van der Waals surface area contributed by atoms with Crippen LogP contribution in [0.3, 0.4) is 0 Å². The fourth-order valence-corrected chi connectivity index (χ4v) is 3.45. The monoisotopic (exact) mass is 405 g/mol. The van der Waals surface area contributed by atoms with E-state index >= 15 is 0 Å². The zero-order valence-corrected chi connectivity index (χ0v) is 16.5. The minimum absolute atomic E-state index is 0.0432. The Labute approximate surface area is 169 Å². The van der Waals surface area contributed by atoms with Gasteiger partial charge >= 0.3 is 6.18 Å². The second-order valence-corrected chi connectivity index (χ2v) is 7.35. The van der Waals surface area contributed by atoms with E-state index in [1.165, 1.54) is 24.6 Å². The number of amides is 1. The summed E-state index contributed by atoms with van der Waals surface area (Å²) in [5.41, 5.74) is 2.34. The molecule has 0 unspecified atom stereocenters. The van der Waals surface area contributed by atoms with Gasteiger partial charge in [-0.15, -0.1) is 0 Å². The maximum atomic E-state index is 12.9. The van der Waals surface area contributed by atoms with Crippen LogP contribution in [0.2, 0.25) is 0 Å². The zero-order chi connectivity index (χ0) is 20.9. The molecule has 0 bridgehead atoms. The van der Waals surface area contributed by atoms with Crippen LogP contribution in [0.5, 0.6) is 0 Å². The number of benzene rings is 2. The highest BCUT2D eigenvalue weighted by Gasteiger charge is 2.31. The Morgan fingerprint density at radius 2 is 1.66 bits per heavy atom. The molecule has 0 spiro atoms. The molecule has 7 heteroatoms.